The van der Waals surface area contributed by atoms with Crippen LogP contribution in [0.15, 0.2) is 53.4 Å². The zero-order valence-electron chi connectivity index (χ0n) is 13.3. The van der Waals surface area contributed by atoms with E-state index in [-0.39, 0.29) is 17.1 Å². The number of sulfonamides is 1. The van der Waals surface area contributed by atoms with E-state index in [9.17, 15) is 13.2 Å². The quantitative estimate of drug-likeness (QED) is 0.714. The molecule has 8 heteroatoms. The number of nitrogens with two attached hydrogens (primary N) is 1. The Morgan fingerprint density at radius 2 is 1.64 bits per heavy atom. The summed E-state index contributed by atoms with van der Waals surface area (Å²) in [6.07, 6.45) is 0. The number of hydrogen-bond acceptors (Lipinski definition) is 6. The van der Waals surface area contributed by atoms with Gasteiger partial charge >= 0.3 is 5.97 Å². The van der Waals surface area contributed by atoms with Gasteiger partial charge in [-0.15, -0.1) is 0 Å². The number of aromatic nitrogens is 2. The lowest BCUT2D eigenvalue weighted by atomic mass is 10.2. The number of esters is 1. The van der Waals surface area contributed by atoms with Gasteiger partial charge in [-0.25, -0.2) is 28.3 Å². The van der Waals surface area contributed by atoms with Gasteiger partial charge in [-0.2, -0.15) is 0 Å². The van der Waals surface area contributed by atoms with Gasteiger partial charge in [0, 0.05) is 0 Å². The molecule has 0 atom stereocenters. The van der Waals surface area contributed by atoms with E-state index in [1.165, 1.54) is 24.3 Å². The monoisotopic (exact) mass is 357 g/mol. The minimum atomic E-state index is -3.80. The molecule has 128 valence electrons. The van der Waals surface area contributed by atoms with Crippen molar-refractivity contribution in [2.24, 2.45) is 5.14 Å². The molecule has 0 aliphatic heterocycles. The van der Waals surface area contributed by atoms with Gasteiger partial charge in [0.2, 0.25) is 10.0 Å². The normalized spacial score (nSPS) is 11.4. The maximum atomic E-state index is 12.1. The van der Waals surface area contributed by atoms with Crippen LogP contribution in [-0.2, 0) is 21.4 Å². The second kappa shape index (κ2) is 6.58. The van der Waals surface area contributed by atoms with Crippen LogP contribution in [0.4, 0.5) is 0 Å². The Balaban J connectivity index is 1.75. The summed E-state index contributed by atoms with van der Waals surface area (Å²) < 4.78 is 27.7. The number of carbonyl (C=O) groups excluding carboxylic acids is 1. The van der Waals surface area contributed by atoms with Gasteiger partial charge in [0.05, 0.1) is 32.9 Å². The number of fused-ring (bicyclic) bond motifs is 1. The van der Waals surface area contributed by atoms with E-state index < -0.39 is 16.0 Å². The fourth-order valence-electron chi connectivity index (χ4n) is 2.26. The third kappa shape index (κ3) is 3.81. The number of primary sulfonamides is 1. The molecule has 1 heterocycles. The molecule has 25 heavy (non-hydrogen) atoms. The first-order valence-corrected chi connectivity index (χ1v) is 8.91. The van der Waals surface area contributed by atoms with Gasteiger partial charge in [-0.1, -0.05) is 12.1 Å². The van der Waals surface area contributed by atoms with Crippen molar-refractivity contribution in [3.8, 4) is 0 Å². The van der Waals surface area contributed by atoms with E-state index in [0.29, 0.717) is 11.4 Å². The Hall–Kier alpha value is -2.84. The number of benzene rings is 2. The molecular weight excluding hydrogens is 342 g/mol. The van der Waals surface area contributed by atoms with E-state index in [1.54, 1.807) is 6.92 Å². The largest absolute Gasteiger partial charge is 0.456 e. The first kappa shape index (κ1) is 17.0. The first-order chi connectivity index (χ1) is 11.8. The van der Waals surface area contributed by atoms with Gasteiger partial charge < -0.3 is 4.74 Å². The smallest absolute Gasteiger partial charge is 0.338 e. The van der Waals surface area contributed by atoms with Crippen molar-refractivity contribution in [1.82, 2.24) is 9.97 Å². The average Bonchev–Trinajstić information content (AvgIpc) is 2.59. The summed E-state index contributed by atoms with van der Waals surface area (Å²) in [7, 11) is -3.80. The summed E-state index contributed by atoms with van der Waals surface area (Å²) >= 11 is 0. The second-order valence-corrected chi connectivity index (χ2v) is 6.95. The molecule has 1 aromatic heterocycles. The van der Waals surface area contributed by atoms with E-state index >= 15 is 0 Å². The Kier molecular flexibility index (Phi) is 4.47. The van der Waals surface area contributed by atoms with Crippen molar-refractivity contribution >= 4 is 27.0 Å². The molecule has 0 unspecified atom stereocenters. The summed E-state index contributed by atoms with van der Waals surface area (Å²) in [6.45, 7) is 1.77. The summed E-state index contributed by atoms with van der Waals surface area (Å²) in [5.41, 5.74) is 2.95. The topological polar surface area (TPSA) is 112 Å². The van der Waals surface area contributed by atoms with Gasteiger partial charge in [-0.3, -0.25) is 0 Å². The van der Waals surface area contributed by atoms with Crippen molar-refractivity contribution in [2.75, 3.05) is 0 Å². The summed E-state index contributed by atoms with van der Waals surface area (Å²) in [5, 5.41) is 5.02. The summed E-state index contributed by atoms with van der Waals surface area (Å²) in [6, 6.07) is 12.6. The molecule has 2 aromatic carbocycles. The van der Waals surface area contributed by atoms with Crippen LogP contribution in [0, 0.1) is 6.92 Å². The predicted molar refractivity (Wildman–Crippen MR) is 91.2 cm³/mol. The van der Waals surface area contributed by atoms with Crippen LogP contribution in [0.2, 0.25) is 0 Å². The molecule has 3 aromatic rings. The fourth-order valence-corrected chi connectivity index (χ4v) is 2.77. The third-order valence-electron chi connectivity index (χ3n) is 3.60. The summed E-state index contributed by atoms with van der Waals surface area (Å²) in [4.78, 5) is 20.9. The maximum absolute atomic E-state index is 12.1. The molecule has 0 fully saturated rings. The number of rotatable bonds is 4. The molecular formula is C17H15N3O4S. The maximum Gasteiger partial charge on any atom is 0.338 e. The summed E-state index contributed by atoms with van der Waals surface area (Å²) in [5.74, 6) is -0.588. The number of aryl methyl sites for hydroxylation is 1. The van der Waals surface area contributed by atoms with E-state index in [4.69, 9.17) is 9.88 Å². The van der Waals surface area contributed by atoms with E-state index in [0.717, 1.165) is 11.0 Å². The lowest BCUT2D eigenvalue weighted by molar-refractivity contribution is 0.0467. The highest BCUT2D eigenvalue weighted by Gasteiger charge is 2.13. The molecule has 0 aliphatic carbocycles. The number of para-hydroxylation sites is 2. The molecule has 3 rings (SSSR count). The minimum absolute atomic E-state index is 0.0283. The zero-order valence-corrected chi connectivity index (χ0v) is 14.2. The van der Waals surface area contributed by atoms with Gasteiger partial charge in [0.1, 0.15) is 6.61 Å². The number of hydrogen-bond donors (Lipinski definition) is 1. The Bertz CT molecular complexity index is 1050. The first-order valence-electron chi connectivity index (χ1n) is 7.37. The molecule has 0 spiro atoms. The second-order valence-electron chi connectivity index (χ2n) is 5.39. The molecule has 0 saturated carbocycles. The van der Waals surface area contributed by atoms with Crippen molar-refractivity contribution in [2.45, 2.75) is 18.4 Å². The highest BCUT2D eigenvalue weighted by Crippen LogP contribution is 2.14. The standard InChI is InChI=1S/C17H15N3O4S/c1-11-16(20-15-5-3-2-4-14(15)19-11)10-24-17(21)12-6-8-13(9-7-12)25(18,22)23/h2-9H,10H2,1H3,(H2,18,22,23). The minimum Gasteiger partial charge on any atom is -0.456 e. The number of carbonyl (C=O) groups is 1. The molecule has 2 N–H and O–H groups in total. The van der Waals surface area contributed by atoms with Gasteiger partial charge in [0.15, 0.2) is 0 Å². The van der Waals surface area contributed by atoms with Crippen molar-refractivity contribution < 1.29 is 17.9 Å². The van der Waals surface area contributed by atoms with E-state index in [2.05, 4.69) is 9.97 Å². The van der Waals surface area contributed by atoms with Crippen LogP contribution in [0.25, 0.3) is 11.0 Å². The number of ether oxygens (including phenoxy) is 1. The van der Waals surface area contributed by atoms with Crippen molar-refractivity contribution in [3.05, 3.63) is 65.5 Å². The Morgan fingerprint density at radius 3 is 2.24 bits per heavy atom. The van der Waals surface area contributed by atoms with E-state index in [1.807, 2.05) is 24.3 Å². The SMILES string of the molecule is Cc1nc2ccccc2nc1COC(=O)c1ccc(S(N)(=O)=O)cc1. The molecule has 0 radical (unpaired) electrons. The van der Waals surface area contributed by atoms with Crippen molar-refractivity contribution in [3.63, 3.8) is 0 Å². The Morgan fingerprint density at radius 1 is 1.04 bits per heavy atom. The van der Waals surface area contributed by atoms with Crippen LogP contribution in [0.1, 0.15) is 21.7 Å². The highest BCUT2D eigenvalue weighted by atomic mass is 32.2. The van der Waals surface area contributed by atoms with Crippen LogP contribution >= 0.6 is 0 Å². The molecule has 0 saturated heterocycles. The van der Waals surface area contributed by atoms with Crippen LogP contribution < -0.4 is 5.14 Å². The Labute approximate surface area is 144 Å². The number of nitrogens with zero attached hydrogens (tertiary/aromatic N) is 2. The zero-order chi connectivity index (χ0) is 18.0. The fraction of sp³-hybridized carbons (Fsp3) is 0.118. The van der Waals surface area contributed by atoms with Crippen molar-refractivity contribution in [1.29, 1.82) is 0 Å². The molecule has 0 aliphatic rings. The third-order valence-corrected chi connectivity index (χ3v) is 4.53. The van der Waals surface area contributed by atoms with Gasteiger partial charge in [0.25, 0.3) is 0 Å². The van der Waals surface area contributed by atoms with Crippen LogP contribution in [0.3, 0.4) is 0 Å². The lowest BCUT2D eigenvalue weighted by Crippen LogP contribution is -2.13. The molecule has 7 nitrogen and oxygen atoms in total. The van der Waals surface area contributed by atoms with Crippen LogP contribution in [0.5, 0.6) is 0 Å². The predicted octanol–water partition coefficient (Wildman–Crippen LogP) is 1.94. The highest BCUT2D eigenvalue weighted by molar-refractivity contribution is 7.89. The molecule has 0 bridgehead atoms. The van der Waals surface area contributed by atoms with Crippen LogP contribution in [-0.4, -0.2) is 24.4 Å². The lowest BCUT2D eigenvalue weighted by Gasteiger charge is -2.08. The van der Waals surface area contributed by atoms with Gasteiger partial charge in [-0.05, 0) is 43.3 Å². The average molecular weight is 357 g/mol. The molecule has 0 amide bonds.